The van der Waals surface area contributed by atoms with Crippen molar-refractivity contribution in [1.82, 2.24) is 0 Å². The lowest BCUT2D eigenvalue weighted by Gasteiger charge is -2.29. The molecule has 0 spiro atoms. The first-order valence-corrected chi connectivity index (χ1v) is 8.61. The Labute approximate surface area is 137 Å². The van der Waals surface area contributed by atoms with Crippen molar-refractivity contribution in [1.29, 1.82) is 0 Å². The van der Waals surface area contributed by atoms with Gasteiger partial charge in [-0.1, -0.05) is 58.3 Å². The fraction of sp³-hybridized carbons (Fsp3) is 0.824. The van der Waals surface area contributed by atoms with E-state index in [1.54, 1.807) is 0 Å². The van der Waals surface area contributed by atoms with Crippen LogP contribution in [-0.2, 0) is 19.1 Å². The maximum Gasteiger partial charge on any atom is 0.324 e. The number of unbranched alkanes of at least 4 members (excludes halogenated alkanes) is 7. The monoisotopic (exact) mass is 328 g/mol. The second kappa shape index (κ2) is 9.53. The third kappa shape index (κ3) is 5.22. The van der Waals surface area contributed by atoms with E-state index in [0.29, 0.717) is 6.42 Å². The Morgan fingerprint density at radius 2 is 1.57 bits per heavy atom. The summed E-state index contributed by atoms with van der Waals surface area (Å²) in [7, 11) is 0. The molecule has 0 bridgehead atoms. The zero-order valence-electron chi connectivity index (χ0n) is 13.9. The zero-order chi connectivity index (χ0) is 17.3. The van der Waals surface area contributed by atoms with Gasteiger partial charge < -0.3 is 14.9 Å². The molecule has 0 aromatic rings. The molecular weight excluding hydrogens is 300 g/mol. The first kappa shape index (κ1) is 19.5. The summed E-state index contributed by atoms with van der Waals surface area (Å²) < 4.78 is 4.97. The highest BCUT2D eigenvalue weighted by Gasteiger charge is 2.56. The van der Waals surface area contributed by atoms with Gasteiger partial charge in [-0.15, -0.1) is 0 Å². The van der Waals surface area contributed by atoms with Gasteiger partial charge in [0.2, 0.25) is 5.41 Å². The first-order valence-electron chi connectivity index (χ1n) is 8.61. The van der Waals surface area contributed by atoms with E-state index in [2.05, 4.69) is 6.92 Å². The van der Waals surface area contributed by atoms with Crippen molar-refractivity contribution >= 4 is 17.9 Å². The minimum absolute atomic E-state index is 0.00454. The summed E-state index contributed by atoms with van der Waals surface area (Å²) in [5, 5.41) is 18.9. The number of carboxylic acid groups (broad SMARTS) is 2. The van der Waals surface area contributed by atoms with Gasteiger partial charge in [0.25, 0.3) is 0 Å². The SMILES string of the molecule is CCCCCCCCCCC(C(=O)O)(C(=O)O)C1CCC(=O)O1. The molecule has 1 aliphatic rings. The lowest BCUT2D eigenvalue weighted by atomic mass is 9.76. The van der Waals surface area contributed by atoms with Crippen LogP contribution in [0.5, 0.6) is 0 Å². The Bertz CT molecular complexity index is 403. The fourth-order valence-corrected chi connectivity index (χ4v) is 3.15. The third-order valence-electron chi connectivity index (χ3n) is 4.62. The van der Waals surface area contributed by atoms with Crippen LogP contribution in [0, 0.1) is 5.41 Å². The Kier molecular flexibility index (Phi) is 8.06. The molecule has 6 heteroatoms. The second-order valence-electron chi connectivity index (χ2n) is 6.32. The molecule has 132 valence electrons. The quantitative estimate of drug-likeness (QED) is 0.323. The van der Waals surface area contributed by atoms with Gasteiger partial charge >= 0.3 is 17.9 Å². The molecule has 1 heterocycles. The summed E-state index contributed by atoms with van der Waals surface area (Å²) in [6, 6.07) is 0. The number of hydrogen-bond acceptors (Lipinski definition) is 4. The molecular formula is C17H28O6. The zero-order valence-corrected chi connectivity index (χ0v) is 13.9. The Balaban J connectivity index is 2.49. The number of rotatable bonds is 12. The molecule has 1 fully saturated rings. The van der Waals surface area contributed by atoms with Crippen molar-refractivity contribution in [3.05, 3.63) is 0 Å². The Morgan fingerprint density at radius 1 is 1.04 bits per heavy atom. The highest BCUT2D eigenvalue weighted by atomic mass is 16.6. The molecule has 0 aromatic carbocycles. The molecule has 0 amide bonds. The average Bonchev–Trinajstić information content (AvgIpc) is 2.91. The molecule has 0 aromatic heterocycles. The van der Waals surface area contributed by atoms with Crippen molar-refractivity contribution in [3.63, 3.8) is 0 Å². The van der Waals surface area contributed by atoms with Crippen LogP contribution in [0.3, 0.4) is 0 Å². The summed E-state index contributed by atoms with van der Waals surface area (Å²) >= 11 is 0. The maximum atomic E-state index is 11.6. The van der Waals surface area contributed by atoms with Crippen LogP contribution in [0.4, 0.5) is 0 Å². The Hall–Kier alpha value is -1.59. The summed E-state index contributed by atoms with van der Waals surface area (Å²) in [6.45, 7) is 2.16. The van der Waals surface area contributed by atoms with E-state index in [0.717, 1.165) is 25.7 Å². The molecule has 1 atom stereocenters. The highest BCUT2D eigenvalue weighted by molar-refractivity contribution is 5.99. The van der Waals surface area contributed by atoms with Gasteiger partial charge in [-0.2, -0.15) is 0 Å². The summed E-state index contributed by atoms with van der Waals surface area (Å²) in [5.41, 5.74) is -2.01. The number of carbonyl (C=O) groups is 3. The van der Waals surface area contributed by atoms with Gasteiger partial charge in [-0.05, 0) is 12.8 Å². The van der Waals surface area contributed by atoms with Crippen LogP contribution >= 0.6 is 0 Å². The van der Waals surface area contributed by atoms with Crippen LogP contribution < -0.4 is 0 Å². The van der Waals surface area contributed by atoms with Gasteiger partial charge in [0, 0.05) is 6.42 Å². The first-order chi connectivity index (χ1) is 10.9. The standard InChI is InChI=1S/C17H28O6/c1-2-3-4-5-6-7-8-9-12-17(15(19)20,16(21)22)13-10-11-14(18)23-13/h13H,2-12H2,1H3,(H,19,20)(H,21,22). The number of esters is 1. The minimum atomic E-state index is -2.01. The van der Waals surface area contributed by atoms with E-state index in [9.17, 15) is 24.6 Å². The molecule has 23 heavy (non-hydrogen) atoms. The van der Waals surface area contributed by atoms with Crippen LogP contribution in [-0.4, -0.2) is 34.2 Å². The van der Waals surface area contributed by atoms with Crippen LogP contribution in [0.25, 0.3) is 0 Å². The van der Waals surface area contributed by atoms with Gasteiger partial charge in [0.15, 0.2) is 0 Å². The molecule has 1 unspecified atom stereocenters. The number of hydrogen-bond donors (Lipinski definition) is 2. The molecule has 1 rings (SSSR count). The van der Waals surface area contributed by atoms with Crippen LogP contribution in [0.15, 0.2) is 0 Å². The predicted molar refractivity (Wildman–Crippen MR) is 84.0 cm³/mol. The largest absolute Gasteiger partial charge is 0.480 e. The van der Waals surface area contributed by atoms with Gasteiger partial charge in [0.05, 0.1) is 0 Å². The third-order valence-corrected chi connectivity index (χ3v) is 4.62. The van der Waals surface area contributed by atoms with E-state index in [4.69, 9.17) is 4.74 Å². The smallest absolute Gasteiger partial charge is 0.324 e. The van der Waals surface area contributed by atoms with Crippen molar-refractivity contribution in [2.75, 3.05) is 0 Å². The van der Waals surface area contributed by atoms with Crippen LogP contribution in [0.2, 0.25) is 0 Å². The molecule has 1 aliphatic heterocycles. The minimum Gasteiger partial charge on any atom is -0.480 e. The van der Waals surface area contributed by atoms with Crippen molar-refractivity contribution in [2.45, 2.75) is 83.7 Å². The summed E-state index contributed by atoms with van der Waals surface area (Å²) in [5.74, 6) is -3.34. The van der Waals surface area contributed by atoms with Gasteiger partial charge in [0.1, 0.15) is 6.10 Å². The number of carbonyl (C=O) groups excluding carboxylic acids is 1. The lowest BCUT2D eigenvalue weighted by Crippen LogP contribution is -2.49. The van der Waals surface area contributed by atoms with Gasteiger partial charge in [-0.25, -0.2) is 0 Å². The molecule has 0 aliphatic carbocycles. The van der Waals surface area contributed by atoms with E-state index >= 15 is 0 Å². The Morgan fingerprint density at radius 3 is 2.00 bits per heavy atom. The number of ether oxygens (including phenoxy) is 1. The van der Waals surface area contributed by atoms with Crippen LogP contribution in [0.1, 0.15) is 77.6 Å². The fourth-order valence-electron chi connectivity index (χ4n) is 3.15. The molecule has 2 N–H and O–H groups in total. The molecule has 1 saturated heterocycles. The van der Waals surface area contributed by atoms with Crippen molar-refractivity contribution in [2.24, 2.45) is 5.41 Å². The average molecular weight is 328 g/mol. The van der Waals surface area contributed by atoms with E-state index in [1.807, 2.05) is 0 Å². The number of cyclic esters (lactones) is 1. The summed E-state index contributed by atoms with van der Waals surface area (Å²) in [6.07, 6.45) is 7.37. The highest BCUT2D eigenvalue weighted by Crippen LogP contribution is 2.38. The number of carboxylic acids is 2. The normalized spacial score (nSPS) is 18.0. The maximum absolute atomic E-state index is 11.6. The van der Waals surface area contributed by atoms with Crippen molar-refractivity contribution in [3.8, 4) is 0 Å². The molecule has 0 radical (unpaired) electrons. The predicted octanol–water partition coefficient (Wildman–Crippen LogP) is 3.38. The van der Waals surface area contributed by atoms with Gasteiger partial charge in [-0.3, -0.25) is 14.4 Å². The van der Waals surface area contributed by atoms with E-state index in [-0.39, 0.29) is 19.3 Å². The van der Waals surface area contributed by atoms with Crippen molar-refractivity contribution < 1.29 is 29.3 Å². The summed E-state index contributed by atoms with van der Waals surface area (Å²) in [4.78, 5) is 34.5. The lowest BCUT2D eigenvalue weighted by molar-refractivity contribution is -0.177. The molecule has 0 saturated carbocycles. The molecule has 6 nitrogen and oxygen atoms in total. The van der Waals surface area contributed by atoms with E-state index in [1.165, 1.54) is 19.3 Å². The second-order valence-corrected chi connectivity index (χ2v) is 6.32. The van der Waals surface area contributed by atoms with E-state index < -0.39 is 29.4 Å². The topological polar surface area (TPSA) is 101 Å². The number of aliphatic carboxylic acids is 2.